The Morgan fingerprint density at radius 1 is 1.20 bits per heavy atom. The third-order valence-corrected chi connectivity index (χ3v) is 3.21. The van der Waals surface area contributed by atoms with Gasteiger partial charge in [0.15, 0.2) is 0 Å². The Morgan fingerprint density at radius 2 is 1.85 bits per heavy atom. The molecule has 0 atom stereocenters. The molecule has 0 saturated carbocycles. The van der Waals surface area contributed by atoms with E-state index in [-0.39, 0.29) is 28.3 Å². The zero-order chi connectivity index (χ0) is 14.7. The van der Waals surface area contributed by atoms with Crippen LogP contribution in [0.5, 0.6) is 0 Å². The molecule has 0 aliphatic heterocycles. The van der Waals surface area contributed by atoms with Crippen LogP contribution in [0.1, 0.15) is 21.5 Å². The summed E-state index contributed by atoms with van der Waals surface area (Å²) in [5.74, 6) is -0.712. The van der Waals surface area contributed by atoms with Crippen LogP contribution in [-0.4, -0.2) is 10.8 Å². The molecule has 0 saturated heterocycles. The highest BCUT2D eigenvalue weighted by Gasteiger charge is 2.24. The van der Waals surface area contributed by atoms with E-state index in [2.05, 4.69) is 0 Å². The first-order chi connectivity index (χ1) is 9.50. The van der Waals surface area contributed by atoms with Crippen molar-refractivity contribution < 1.29 is 9.72 Å². The second kappa shape index (κ2) is 5.71. The molecule has 2 N–H and O–H groups in total. The highest BCUT2D eigenvalue weighted by Crippen LogP contribution is 2.32. The lowest BCUT2D eigenvalue weighted by atomic mass is 9.97. The minimum atomic E-state index is -0.712. The fraction of sp³-hybridized carbons (Fsp3) is 0.0714. The maximum atomic E-state index is 11.5. The molecule has 1 amide bonds. The van der Waals surface area contributed by atoms with Crippen LogP contribution in [-0.2, 0) is 6.42 Å². The van der Waals surface area contributed by atoms with Crippen molar-refractivity contribution in [3.05, 3.63) is 74.3 Å². The quantitative estimate of drug-likeness (QED) is 0.694. The number of amides is 1. The van der Waals surface area contributed by atoms with Crippen molar-refractivity contribution in [1.29, 1.82) is 0 Å². The minimum Gasteiger partial charge on any atom is -0.366 e. The van der Waals surface area contributed by atoms with Crippen molar-refractivity contribution in [1.82, 2.24) is 0 Å². The molecule has 2 rings (SSSR count). The first-order valence-electron chi connectivity index (χ1n) is 5.80. The maximum absolute atomic E-state index is 11.5. The Morgan fingerprint density at radius 3 is 2.40 bits per heavy atom. The highest BCUT2D eigenvalue weighted by atomic mass is 35.5. The average molecular weight is 291 g/mol. The normalized spacial score (nSPS) is 10.2. The molecule has 5 nitrogen and oxygen atoms in total. The fourth-order valence-electron chi connectivity index (χ4n) is 2.01. The predicted molar refractivity (Wildman–Crippen MR) is 75.9 cm³/mol. The number of rotatable bonds is 4. The van der Waals surface area contributed by atoms with Crippen molar-refractivity contribution in [2.24, 2.45) is 5.73 Å². The summed E-state index contributed by atoms with van der Waals surface area (Å²) >= 11 is 5.87. The molecule has 20 heavy (non-hydrogen) atoms. The molecule has 0 aliphatic carbocycles. The van der Waals surface area contributed by atoms with E-state index in [0.717, 1.165) is 5.56 Å². The van der Waals surface area contributed by atoms with E-state index in [9.17, 15) is 14.9 Å². The Bertz CT molecular complexity index is 672. The standard InChI is InChI=1S/C14H11ClN2O3/c15-12-7-6-10(14(16)18)11(13(12)17(19)20)8-9-4-2-1-3-5-9/h1-7H,8H2,(H2,16,18). The number of carbonyl (C=O) groups is 1. The highest BCUT2D eigenvalue weighted by molar-refractivity contribution is 6.33. The summed E-state index contributed by atoms with van der Waals surface area (Å²) < 4.78 is 0. The Balaban J connectivity index is 2.61. The molecular formula is C14H11ClN2O3. The molecule has 2 aromatic carbocycles. The number of hydrogen-bond acceptors (Lipinski definition) is 3. The molecule has 0 heterocycles. The fourth-order valence-corrected chi connectivity index (χ4v) is 2.26. The number of nitro groups is 1. The van der Waals surface area contributed by atoms with Gasteiger partial charge < -0.3 is 5.73 Å². The van der Waals surface area contributed by atoms with E-state index in [1.54, 1.807) is 0 Å². The van der Waals surface area contributed by atoms with Gasteiger partial charge in [0.05, 0.1) is 4.92 Å². The van der Waals surface area contributed by atoms with Gasteiger partial charge in [-0.3, -0.25) is 14.9 Å². The number of nitro benzene ring substituents is 1. The van der Waals surface area contributed by atoms with Crippen molar-refractivity contribution in [3.8, 4) is 0 Å². The van der Waals surface area contributed by atoms with Gasteiger partial charge >= 0.3 is 0 Å². The van der Waals surface area contributed by atoms with Crippen LogP contribution in [0, 0.1) is 10.1 Å². The van der Waals surface area contributed by atoms with Crippen LogP contribution in [0.2, 0.25) is 5.02 Å². The van der Waals surface area contributed by atoms with Gasteiger partial charge in [0, 0.05) is 17.5 Å². The number of nitrogens with two attached hydrogens (primary N) is 1. The second-order valence-corrected chi connectivity index (χ2v) is 4.61. The van der Waals surface area contributed by atoms with Crippen LogP contribution in [0.25, 0.3) is 0 Å². The summed E-state index contributed by atoms with van der Waals surface area (Å²) in [4.78, 5) is 22.0. The van der Waals surface area contributed by atoms with E-state index in [4.69, 9.17) is 17.3 Å². The van der Waals surface area contributed by atoms with E-state index in [0.29, 0.717) is 0 Å². The van der Waals surface area contributed by atoms with Crippen LogP contribution in [0.4, 0.5) is 5.69 Å². The molecule has 0 fully saturated rings. The topological polar surface area (TPSA) is 86.2 Å². The lowest BCUT2D eigenvalue weighted by Gasteiger charge is -2.09. The molecule has 6 heteroatoms. The van der Waals surface area contributed by atoms with Gasteiger partial charge in [0.1, 0.15) is 5.02 Å². The molecule has 0 aromatic heterocycles. The maximum Gasteiger partial charge on any atom is 0.292 e. The average Bonchev–Trinajstić information content (AvgIpc) is 2.39. The monoisotopic (exact) mass is 290 g/mol. The number of nitrogens with zero attached hydrogens (tertiary/aromatic N) is 1. The minimum absolute atomic E-state index is 0.00840. The summed E-state index contributed by atoms with van der Waals surface area (Å²) in [6, 6.07) is 11.8. The second-order valence-electron chi connectivity index (χ2n) is 4.21. The van der Waals surface area contributed by atoms with E-state index >= 15 is 0 Å². The molecule has 0 spiro atoms. The van der Waals surface area contributed by atoms with Crippen LogP contribution in [0.3, 0.4) is 0 Å². The largest absolute Gasteiger partial charge is 0.366 e. The van der Waals surface area contributed by atoms with Gasteiger partial charge in [-0.05, 0) is 17.7 Å². The van der Waals surface area contributed by atoms with Crippen molar-refractivity contribution >= 4 is 23.2 Å². The number of hydrogen-bond donors (Lipinski definition) is 1. The van der Waals surface area contributed by atoms with Gasteiger partial charge in [0.2, 0.25) is 5.91 Å². The third-order valence-electron chi connectivity index (χ3n) is 2.91. The van der Waals surface area contributed by atoms with Crippen LogP contribution >= 0.6 is 11.6 Å². The van der Waals surface area contributed by atoms with E-state index in [1.165, 1.54) is 12.1 Å². The first kappa shape index (κ1) is 14.0. The first-order valence-corrected chi connectivity index (χ1v) is 6.18. The number of benzene rings is 2. The van der Waals surface area contributed by atoms with Crippen molar-refractivity contribution in [2.75, 3.05) is 0 Å². The van der Waals surface area contributed by atoms with Gasteiger partial charge in [-0.15, -0.1) is 0 Å². The summed E-state index contributed by atoms with van der Waals surface area (Å²) in [5, 5.41) is 11.2. The number of carbonyl (C=O) groups excluding carboxylic acids is 1. The Kier molecular flexibility index (Phi) is 4.00. The molecule has 102 valence electrons. The lowest BCUT2D eigenvalue weighted by Crippen LogP contribution is -2.15. The number of halogens is 1. The Hall–Kier alpha value is -2.40. The third kappa shape index (κ3) is 2.78. The van der Waals surface area contributed by atoms with Gasteiger partial charge in [0.25, 0.3) is 5.69 Å². The van der Waals surface area contributed by atoms with Crippen LogP contribution in [0.15, 0.2) is 42.5 Å². The number of primary amides is 1. The van der Waals surface area contributed by atoms with Gasteiger partial charge in [-0.25, -0.2) is 0 Å². The molecule has 0 bridgehead atoms. The predicted octanol–water partition coefficient (Wildman–Crippen LogP) is 2.94. The molecule has 0 aliphatic rings. The zero-order valence-corrected chi connectivity index (χ0v) is 11.1. The van der Waals surface area contributed by atoms with Crippen molar-refractivity contribution in [3.63, 3.8) is 0 Å². The summed E-state index contributed by atoms with van der Waals surface area (Å²) in [6.07, 6.45) is 0.218. The SMILES string of the molecule is NC(=O)c1ccc(Cl)c([N+](=O)[O-])c1Cc1ccccc1. The van der Waals surface area contributed by atoms with Crippen LogP contribution < -0.4 is 5.73 Å². The summed E-state index contributed by atoms with van der Waals surface area (Å²) in [7, 11) is 0. The van der Waals surface area contributed by atoms with Gasteiger partial charge in [-0.1, -0.05) is 41.9 Å². The molecule has 0 unspecified atom stereocenters. The van der Waals surface area contributed by atoms with Crippen molar-refractivity contribution in [2.45, 2.75) is 6.42 Å². The molecule has 0 radical (unpaired) electrons. The lowest BCUT2D eigenvalue weighted by molar-refractivity contribution is -0.385. The summed E-state index contributed by atoms with van der Waals surface area (Å²) in [6.45, 7) is 0. The zero-order valence-electron chi connectivity index (χ0n) is 10.4. The smallest absolute Gasteiger partial charge is 0.292 e. The molecular weight excluding hydrogens is 280 g/mol. The molecule has 2 aromatic rings. The van der Waals surface area contributed by atoms with Gasteiger partial charge in [-0.2, -0.15) is 0 Å². The van der Waals surface area contributed by atoms with E-state index < -0.39 is 10.8 Å². The Labute approximate surface area is 120 Å². The van der Waals surface area contributed by atoms with E-state index in [1.807, 2.05) is 30.3 Å². The summed E-state index contributed by atoms with van der Waals surface area (Å²) in [5.41, 5.74) is 6.20.